The highest BCUT2D eigenvalue weighted by Crippen LogP contribution is 2.22. The smallest absolute Gasteiger partial charge is 0.141 e. The van der Waals surface area contributed by atoms with Crippen molar-refractivity contribution in [3.8, 4) is 11.1 Å². The van der Waals surface area contributed by atoms with Crippen molar-refractivity contribution < 1.29 is 4.79 Å². The van der Waals surface area contributed by atoms with Gasteiger partial charge in [-0.25, -0.2) is 0 Å². The maximum Gasteiger partial charge on any atom is 0.141 e. The fourth-order valence-corrected chi connectivity index (χ4v) is 3.28. The number of nitrogens with zero attached hydrogens (tertiary/aromatic N) is 1. The van der Waals surface area contributed by atoms with Gasteiger partial charge in [-0.2, -0.15) is 0 Å². The number of pyridine rings is 1. The van der Waals surface area contributed by atoms with Crippen LogP contribution in [0.25, 0.3) is 11.1 Å². The van der Waals surface area contributed by atoms with Gasteiger partial charge in [-0.05, 0) is 65.3 Å². The highest BCUT2D eigenvalue weighted by molar-refractivity contribution is 5.83. The summed E-state index contributed by atoms with van der Waals surface area (Å²) < 4.78 is 0. The zero-order valence-electron chi connectivity index (χ0n) is 16.6. The molecule has 0 bridgehead atoms. The largest absolute Gasteiger partial charge is 0.299 e. The van der Waals surface area contributed by atoms with E-state index >= 15 is 0 Å². The van der Waals surface area contributed by atoms with Crippen LogP contribution in [0.1, 0.15) is 47.7 Å². The second kappa shape index (κ2) is 8.30. The van der Waals surface area contributed by atoms with E-state index in [4.69, 9.17) is 0 Å². The molecule has 0 saturated heterocycles. The second-order valence-corrected chi connectivity index (χ2v) is 7.62. The molecule has 0 atom stereocenters. The van der Waals surface area contributed by atoms with Gasteiger partial charge in [0.1, 0.15) is 5.78 Å². The van der Waals surface area contributed by atoms with Gasteiger partial charge in [-0.3, -0.25) is 9.78 Å². The summed E-state index contributed by atoms with van der Waals surface area (Å²) in [4.78, 5) is 16.8. The van der Waals surface area contributed by atoms with Gasteiger partial charge in [0.2, 0.25) is 0 Å². The van der Waals surface area contributed by atoms with Crippen LogP contribution in [-0.4, -0.2) is 10.8 Å². The number of hydrogen-bond acceptors (Lipinski definition) is 2. The van der Waals surface area contributed by atoms with Crippen LogP contribution in [0.15, 0.2) is 60.8 Å². The third-order valence-electron chi connectivity index (χ3n) is 5.01. The lowest BCUT2D eigenvalue weighted by molar-refractivity contribution is -0.117. The van der Waals surface area contributed by atoms with E-state index < -0.39 is 0 Å². The van der Waals surface area contributed by atoms with Crippen LogP contribution >= 0.6 is 0 Å². The molecule has 1 heterocycles. The number of hydrogen-bond donors (Lipinski definition) is 0. The van der Waals surface area contributed by atoms with Crippen LogP contribution in [0, 0.1) is 13.8 Å². The first-order chi connectivity index (χ1) is 12.9. The zero-order valence-corrected chi connectivity index (χ0v) is 16.6. The van der Waals surface area contributed by atoms with Crippen LogP contribution in [0.4, 0.5) is 0 Å². The molecule has 2 heteroatoms. The molecule has 1 aromatic heterocycles. The van der Waals surface area contributed by atoms with Crippen molar-refractivity contribution in [2.45, 2.75) is 46.5 Å². The Labute approximate surface area is 162 Å². The lowest BCUT2D eigenvalue weighted by Crippen LogP contribution is -2.08. The molecule has 0 saturated carbocycles. The minimum Gasteiger partial charge on any atom is -0.299 e. The molecule has 2 nitrogen and oxygen atoms in total. The summed E-state index contributed by atoms with van der Waals surface area (Å²) in [6.07, 6.45) is 2.80. The second-order valence-electron chi connectivity index (χ2n) is 7.62. The molecule has 0 aliphatic heterocycles. The van der Waals surface area contributed by atoms with Gasteiger partial charge in [-0.1, -0.05) is 56.3 Å². The van der Waals surface area contributed by atoms with E-state index in [1.54, 1.807) is 0 Å². The van der Waals surface area contributed by atoms with Crippen molar-refractivity contribution in [3.05, 3.63) is 88.7 Å². The van der Waals surface area contributed by atoms with Crippen LogP contribution in [0.2, 0.25) is 0 Å². The van der Waals surface area contributed by atoms with Crippen LogP contribution < -0.4 is 0 Å². The molecule has 2 aromatic carbocycles. The van der Waals surface area contributed by atoms with Crippen molar-refractivity contribution >= 4 is 5.78 Å². The molecule has 3 aromatic rings. The van der Waals surface area contributed by atoms with Gasteiger partial charge >= 0.3 is 0 Å². The van der Waals surface area contributed by atoms with Crippen LogP contribution in [0.5, 0.6) is 0 Å². The molecule has 0 N–H and O–H groups in total. The summed E-state index contributed by atoms with van der Waals surface area (Å²) in [5, 5.41) is 0. The first-order valence-electron chi connectivity index (χ1n) is 9.55. The SMILES string of the molecule is Cc1cc(-c2ccc(CC(=O)Cc3cc(C(C)C)ccc3C)cc2)ccn1. The van der Waals surface area contributed by atoms with Crippen molar-refractivity contribution in [2.24, 2.45) is 0 Å². The van der Waals surface area contributed by atoms with Crippen molar-refractivity contribution in [1.29, 1.82) is 0 Å². The van der Waals surface area contributed by atoms with E-state index in [-0.39, 0.29) is 5.78 Å². The molecule has 27 heavy (non-hydrogen) atoms. The lowest BCUT2D eigenvalue weighted by Gasteiger charge is -2.11. The Hall–Kier alpha value is -2.74. The molecule has 0 radical (unpaired) electrons. The normalized spacial score (nSPS) is 11.0. The molecular formula is C25H27NO. The van der Waals surface area contributed by atoms with E-state index in [1.807, 2.05) is 19.2 Å². The molecule has 0 aliphatic carbocycles. The quantitative estimate of drug-likeness (QED) is 0.554. The van der Waals surface area contributed by atoms with Gasteiger partial charge in [0.25, 0.3) is 0 Å². The zero-order chi connectivity index (χ0) is 19.4. The fraction of sp³-hybridized carbons (Fsp3) is 0.280. The summed E-state index contributed by atoms with van der Waals surface area (Å²) in [7, 11) is 0. The van der Waals surface area contributed by atoms with E-state index in [1.165, 1.54) is 11.1 Å². The molecule has 3 rings (SSSR count). The topological polar surface area (TPSA) is 30.0 Å². The van der Waals surface area contributed by atoms with Crippen molar-refractivity contribution in [2.75, 3.05) is 0 Å². The lowest BCUT2D eigenvalue weighted by atomic mass is 9.94. The fourth-order valence-electron chi connectivity index (χ4n) is 3.28. The molecule has 0 spiro atoms. The number of carbonyl (C=O) groups is 1. The van der Waals surface area contributed by atoms with E-state index in [0.29, 0.717) is 18.8 Å². The third-order valence-corrected chi connectivity index (χ3v) is 5.01. The standard InChI is InChI=1S/C25H27NO/c1-17(2)22-8-5-18(3)24(15-22)16-25(27)14-20-6-9-21(10-7-20)23-11-12-26-19(4)13-23/h5-13,15,17H,14,16H2,1-4H3. The molecule has 0 aliphatic rings. The average Bonchev–Trinajstić information content (AvgIpc) is 2.64. The van der Waals surface area contributed by atoms with Crippen LogP contribution in [-0.2, 0) is 17.6 Å². The maximum absolute atomic E-state index is 12.6. The minimum absolute atomic E-state index is 0.256. The summed E-state index contributed by atoms with van der Waals surface area (Å²) in [5.41, 5.74) is 8.00. The molecule has 0 amide bonds. The van der Waals surface area contributed by atoms with Crippen molar-refractivity contribution in [3.63, 3.8) is 0 Å². The summed E-state index contributed by atoms with van der Waals surface area (Å²) in [5.74, 6) is 0.732. The number of rotatable bonds is 6. The molecule has 138 valence electrons. The molecule has 0 unspecified atom stereocenters. The van der Waals surface area contributed by atoms with E-state index in [2.05, 4.69) is 74.3 Å². The van der Waals surface area contributed by atoms with Gasteiger partial charge in [0.05, 0.1) is 0 Å². The maximum atomic E-state index is 12.6. The van der Waals surface area contributed by atoms with E-state index in [0.717, 1.165) is 27.9 Å². The number of aromatic nitrogens is 1. The highest BCUT2D eigenvalue weighted by Gasteiger charge is 2.10. The predicted octanol–water partition coefficient (Wildman–Crippen LogP) is 5.84. The number of aryl methyl sites for hydroxylation is 2. The first kappa shape index (κ1) is 19.0. The Morgan fingerprint density at radius 1 is 0.889 bits per heavy atom. The van der Waals surface area contributed by atoms with Gasteiger partial charge in [-0.15, -0.1) is 0 Å². The van der Waals surface area contributed by atoms with Crippen LogP contribution in [0.3, 0.4) is 0 Å². The number of Topliss-reactive ketones (excluding diaryl/α,β-unsaturated/α-hetero) is 1. The Kier molecular flexibility index (Phi) is 5.85. The third kappa shape index (κ3) is 4.91. The highest BCUT2D eigenvalue weighted by atomic mass is 16.1. The average molecular weight is 357 g/mol. The molecular weight excluding hydrogens is 330 g/mol. The van der Waals surface area contributed by atoms with Gasteiger partial charge in [0, 0.05) is 24.7 Å². The summed E-state index contributed by atoms with van der Waals surface area (Å²) in [6, 6.07) is 18.8. The first-order valence-corrected chi connectivity index (χ1v) is 9.55. The Morgan fingerprint density at radius 2 is 1.63 bits per heavy atom. The summed E-state index contributed by atoms with van der Waals surface area (Å²) >= 11 is 0. The number of benzene rings is 2. The monoisotopic (exact) mass is 357 g/mol. The minimum atomic E-state index is 0.256. The van der Waals surface area contributed by atoms with Gasteiger partial charge < -0.3 is 0 Å². The van der Waals surface area contributed by atoms with Gasteiger partial charge in [0.15, 0.2) is 0 Å². The number of carbonyl (C=O) groups excluding carboxylic acids is 1. The van der Waals surface area contributed by atoms with E-state index in [9.17, 15) is 4.79 Å². The Morgan fingerprint density at radius 3 is 2.30 bits per heavy atom. The molecule has 0 fully saturated rings. The predicted molar refractivity (Wildman–Crippen MR) is 112 cm³/mol. The van der Waals surface area contributed by atoms with Crippen molar-refractivity contribution in [1.82, 2.24) is 4.98 Å². The Balaban J connectivity index is 1.69. The number of ketones is 1. The summed E-state index contributed by atoms with van der Waals surface area (Å²) in [6.45, 7) is 8.44. The Bertz CT molecular complexity index is 939.